The molecule has 112 valence electrons. The first-order valence-corrected chi connectivity index (χ1v) is 8.39. The van der Waals surface area contributed by atoms with E-state index in [1.165, 1.54) is 56.5 Å². The van der Waals surface area contributed by atoms with Gasteiger partial charge in [0.05, 0.1) is 12.3 Å². The molecule has 2 rings (SSSR count). The maximum absolute atomic E-state index is 12.0. The summed E-state index contributed by atoms with van der Waals surface area (Å²) in [5.74, 6) is -0.257. The van der Waals surface area contributed by atoms with E-state index >= 15 is 0 Å². The highest BCUT2D eigenvalue weighted by Gasteiger charge is 2.22. The number of carbonyl (C=O) groups excluding carboxylic acids is 1. The number of esters is 1. The third-order valence-corrected chi connectivity index (χ3v) is 4.65. The van der Waals surface area contributed by atoms with Crippen LogP contribution in [-0.4, -0.2) is 23.0 Å². The van der Waals surface area contributed by atoms with E-state index in [-0.39, 0.29) is 5.97 Å². The van der Waals surface area contributed by atoms with E-state index in [0.717, 1.165) is 10.7 Å². The van der Waals surface area contributed by atoms with Gasteiger partial charge in [-0.2, -0.15) is 4.37 Å². The minimum atomic E-state index is -0.257. The molecule has 5 heteroatoms. The van der Waals surface area contributed by atoms with Crippen molar-refractivity contribution in [3.63, 3.8) is 0 Å². The Morgan fingerprint density at radius 1 is 1.30 bits per heavy atom. The van der Waals surface area contributed by atoms with Crippen LogP contribution in [0.25, 0.3) is 0 Å². The highest BCUT2D eigenvalue weighted by molar-refractivity contribution is 7.10. The maximum Gasteiger partial charge on any atom is 0.343 e. The topological polar surface area (TPSA) is 51.2 Å². The standard InChI is InChI=1S/C15H24N2O2S/c1-3-19-15(18)13-11(2)17-20-14(13)16-12-9-7-5-4-6-8-10-12/h12,16H,3-10H2,1-2H3. The van der Waals surface area contributed by atoms with Gasteiger partial charge in [-0.25, -0.2) is 4.79 Å². The fourth-order valence-electron chi connectivity index (χ4n) is 2.70. The number of carbonyl (C=O) groups is 1. The van der Waals surface area contributed by atoms with Gasteiger partial charge < -0.3 is 10.1 Å². The Labute approximate surface area is 125 Å². The number of nitrogens with one attached hydrogen (secondary N) is 1. The quantitative estimate of drug-likeness (QED) is 0.848. The molecular weight excluding hydrogens is 272 g/mol. The van der Waals surface area contributed by atoms with Gasteiger partial charge in [0.1, 0.15) is 10.6 Å². The van der Waals surface area contributed by atoms with Gasteiger partial charge in [-0.3, -0.25) is 0 Å². The minimum absolute atomic E-state index is 0.257. The molecule has 0 unspecified atom stereocenters. The number of hydrogen-bond donors (Lipinski definition) is 1. The number of hydrogen-bond acceptors (Lipinski definition) is 5. The van der Waals surface area contributed by atoms with Crippen molar-refractivity contribution in [2.24, 2.45) is 0 Å². The summed E-state index contributed by atoms with van der Waals surface area (Å²) in [4.78, 5) is 12.0. The number of ether oxygens (including phenoxy) is 1. The summed E-state index contributed by atoms with van der Waals surface area (Å²) in [5, 5.41) is 4.41. The van der Waals surface area contributed by atoms with Gasteiger partial charge in [-0.1, -0.05) is 32.1 Å². The normalized spacial score (nSPS) is 17.3. The van der Waals surface area contributed by atoms with Gasteiger partial charge in [0.15, 0.2) is 0 Å². The number of nitrogens with zero attached hydrogens (tertiary/aromatic N) is 1. The Kier molecular flexibility index (Phi) is 5.83. The second-order valence-electron chi connectivity index (χ2n) is 5.38. The SMILES string of the molecule is CCOC(=O)c1c(C)nsc1NC1CCCCCCC1. The van der Waals surface area contributed by atoms with Crippen molar-refractivity contribution in [2.45, 2.75) is 64.8 Å². The van der Waals surface area contributed by atoms with Crippen LogP contribution < -0.4 is 5.32 Å². The van der Waals surface area contributed by atoms with Gasteiger partial charge in [0, 0.05) is 6.04 Å². The average Bonchev–Trinajstić information content (AvgIpc) is 2.74. The second kappa shape index (κ2) is 7.62. The molecule has 0 saturated heterocycles. The maximum atomic E-state index is 12.0. The van der Waals surface area contributed by atoms with Crippen molar-refractivity contribution in [1.82, 2.24) is 4.37 Å². The van der Waals surface area contributed by atoms with E-state index in [0.29, 0.717) is 18.2 Å². The first kappa shape index (κ1) is 15.3. The summed E-state index contributed by atoms with van der Waals surface area (Å²) in [6.07, 6.45) is 8.91. The Morgan fingerprint density at radius 3 is 2.60 bits per heavy atom. The molecule has 4 nitrogen and oxygen atoms in total. The largest absolute Gasteiger partial charge is 0.462 e. The molecule has 20 heavy (non-hydrogen) atoms. The Bertz CT molecular complexity index is 437. The first-order valence-electron chi connectivity index (χ1n) is 7.62. The molecule has 1 N–H and O–H groups in total. The van der Waals surface area contributed by atoms with E-state index in [9.17, 15) is 4.79 Å². The highest BCUT2D eigenvalue weighted by atomic mass is 32.1. The molecule has 0 radical (unpaired) electrons. The molecule has 1 aliphatic rings. The summed E-state index contributed by atoms with van der Waals surface area (Å²) in [5.41, 5.74) is 1.39. The summed E-state index contributed by atoms with van der Waals surface area (Å²) in [6.45, 7) is 4.10. The number of anilines is 1. The molecule has 1 fully saturated rings. The van der Waals surface area contributed by atoms with Crippen LogP contribution in [0.3, 0.4) is 0 Å². The van der Waals surface area contributed by atoms with Crippen LogP contribution in [0.1, 0.15) is 67.9 Å². The monoisotopic (exact) mass is 296 g/mol. The predicted molar refractivity (Wildman–Crippen MR) is 82.5 cm³/mol. The lowest BCUT2D eigenvalue weighted by molar-refractivity contribution is 0.0527. The van der Waals surface area contributed by atoms with Gasteiger partial charge in [0.25, 0.3) is 0 Å². The molecule has 0 bridgehead atoms. The summed E-state index contributed by atoms with van der Waals surface area (Å²) in [6, 6.07) is 0.461. The van der Waals surface area contributed by atoms with Crippen LogP contribution in [0.4, 0.5) is 5.00 Å². The van der Waals surface area contributed by atoms with Crippen LogP contribution in [0.5, 0.6) is 0 Å². The molecule has 1 aromatic heterocycles. The van der Waals surface area contributed by atoms with Crippen molar-refractivity contribution in [3.8, 4) is 0 Å². The molecule has 0 atom stereocenters. The average molecular weight is 296 g/mol. The van der Waals surface area contributed by atoms with Crippen molar-refractivity contribution < 1.29 is 9.53 Å². The van der Waals surface area contributed by atoms with Crippen molar-refractivity contribution >= 4 is 22.5 Å². The van der Waals surface area contributed by atoms with Gasteiger partial charge >= 0.3 is 5.97 Å². The smallest absolute Gasteiger partial charge is 0.343 e. The first-order chi connectivity index (χ1) is 9.72. The molecular formula is C15H24N2O2S. The lowest BCUT2D eigenvalue weighted by Gasteiger charge is -2.21. The molecule has 0 spiro atoms. The lowest BCUT2D eigenvalue weighted by atomic mass is 9.97. The molecule has 1 heterocycles. The lowest BCUT2D eigenvalue weighted by Crippen LogP contribution is -2.21. The second-order valence-corrected chi connectivity index (χ2v) is 6.15. The van der Waals surface area contributed by atoms with E-state index < -0.39 is 0 Å². The molecule has 0 amide bonds. The minimum Gasteiger partial charge on any atom is -0.462 e. The van der Waals surface area contributed by atoms with Gasteiger partial charge in [-0.05, 0) is 38.2 Å². The fourth-order valence-corrected chi connectivity index (χ4v) is 3.56. The Balaban J connectivity index is 2.06. The zero-order valence-electron chi connectivity index (χ0n) is 12.4. The van der Waals surface area contributed by atoms with Crippen molar-refractivity contribution in [1.29, 1.82) is 0 Å². The van der Waals surface area contributed by atoms with E-state index in [1.54, 1.807) is 0 Å². The highest BCUT2D eigenvalue weighted by Crippen LogP contribution is 2.28. The molecule has 0 aliphatic heterocycles. The van der Waals surface area contributed by atoms with Gasteiger partial charge in [0.2, 0.25) is 0 Å². The Hall–Kier alpha value is -1.10. The molecule has 1 saturated carbocycles. The van der Waals surface area contributed by atoms with Crippen molar-refractivity contribution in [2.75, 3.05) is 11.9 Å². The van der Waals surface area contributed by atoms with Crippen LogP contribution in [0.2, 0.25) is 0 Å². The van der Waals surface area contributed by atoms with E-state index in [4.69, 9.17) is 4.74 Å². The number of aryl methyl sites for hydroxylation is 1. The van der Waals surface area contributed by atoms with Crippen LogP contribution in [0, 0.1) is 6.92 Å². The molecule has 0 aromatic carbocycles. The number of rotatable bonds is 4. The summed E-state index contributed by atoms with van der Waals surface area (Å²) in [7, 11) is 0. The van der Waals surface area contributed by atoms with Crippen molar-refractivity contribution in [3.05, 3.63) is 11.3 Å². The van der Waals surface area contributed by atoms with E-state index in [1.807, 2.05) is 13.8 Å². The van der Waals surface area contributed by atoms with Crippen LogP contribution in [0.15, 0.2) is 0 Å². The zero-order chi connectivity index (χ0) is 14.4. The number of aromatic nitrogens is 1. The van der Waals surface area contributed by atoms with E-state index in [2.05, 4.69) is 9.69 Å². The Morgan fingerprint density at radius 2 is 1.95 bits per heavy atom. The zero-order valence-corrected chi connectivity index (χ0v) is 13.2. The van der Waals surface area contributed by atoms with Crippen LogP contribution >= 0.6 is 11.5 Å². The summed E-state index contributed by atoms with van der Waals surface area (Å²) < 4.78 is 9.44. The third-order valence-electron chi connectivity index (χ3n) is 3.78. The van der Waals surface area contributed by atoms with Crippen LogP contribution in [-0.2, 0) is 4.74 Å². The third kappa shape index (κ3) is 3.95. The fraction of sp³-hybridized carbons (Fsp3) is 0.733. The van der Waals surface area contributed by atoms with Gasteiger partial charge in [-0.15, -0.1) is 0 Å². The predicted octanol–water partition coefficient (Wildman–Crippen LogP) is 4.15. The summed E-state index contributed by atoms with van der Waals surface area (Å²) >= 11 is 1.37. The molecule has 1 aliphatic carbocycles. The molecule has 1 aromatic rings.